The second kappa shape index (κ2) is 4.53. The second-order valence-corrected chi connectivity index (χ2v) is 6.35. The number of hydrogen-bond donors (Lipinski definition) is 0. The van der Waals surface area contributed by atoms with Crippen LogP contribution in [0.15, 0.2) is 12.7 Å². The van der Waals surface area contributed by atoms with E-state index in [2.05, 4.69) is 13.5 Å². The Bertz CT molecular complexity index is 284. The molecule has 2 aliphatic rings. The van der Waals surface area contributed by atoms with Crippen LogP contribution in [0, 0.1) is 11.3 Å². The van der Waals surface area contributed by atoms with Gasteiger partial charge in [-0.3, -0.25) is 0 Å². The Kier molecular flexibility index (Phi) is 3.45. The molecular formula is C13H20O2S. The Labute approximate surface area is 102 Å². The zero-order valence-corrected chi connectivity index (χ0v) is 10.7. The Hall–Kier alpha value is -0.280. The fourth-order valence-corrected chi connectivity index (χ4v) is 4.71. The molecular weight excluding hydrogens is 220 g/mol. The van der Waals surface area contributed by atoms with Crippen molar-refractivity contribution in [2.24, 2.45) is 11.3 Å². The highest BCUT2D eigenvalue weighted by Crippen LogP contribution is 2.59. The zero-order valence-electron chi connectivity index (χ0n) is 9.91. The highest BCUT2D eigenvalue weighted by atomic mass is 32.2. The minimum Gasteiger partial charge on any atom is -0.363 e. The van der Waals surface area contributed by atoms with Gasteiger partial charge in [0.1, 0.15) is 11.2 Å². The number of allylic oxidation sites excluding steroid dienone is 1. The summed E-state index contributed by atoms with van der Waals surface area (Å²) >= 11 is 1.90. The molecule has 2 rings (SSSR count). The molecule has 90 valence electrons. The number of rotatable bonds is 3. The first-order valence-electron chi connectivity index (χ1n) is 6.03. The van der Waals surface area contributed by atoms with Crippen LogP contribution in [-0.2, 0) is 9.53 Å². The molecule has 1 aliphatic heterocycles. The van der Waals surface area contributed by atoms with Crippen molar-refractivity contribution in [1.82, 2.24) is 0 Å². The molecule has 1 saturated heterocycles. The van der Waals surface area contributed by atoms with Crippen LogP contribution in [-0.4, -0.2) is 23.6 Å². The molecule has 2 fully saturated rings. The van der Waals surface area contributed by atoms with E-state index in [1.165, 1.54) is 0 Å². The molecule has 0 aromatic rings. The lowest BCUT2D eigenvalue weighted by atomic mass is 9.64. The van der Waals surface area contributed by atoms with Crippen LogP contribution < -0.4 is 0 Å². The summed E-state index contributed by atoms with van der Waals surface area (Å²) in [6.07, 6.45) is 7.11. The average Bonchev–Trinajstić information content (AvgIpc) is 2.73. The fourth-order valence-electron chi connectivity index (χ4n) is 3.20. The maximum atomic E-state index is 11.3. The summed E-state index contributed by atoms with van der Waals surface area (Å²) in [5, 5.41) is 0. The van der Waals surface area contributed by atoms with Gasteiger partial charge in [-0.05, 0) is 25.7 Å². The molecule has 0 aromatic carbocycles. The highest BCUT2D eigenvalue weighted by Gasteiger charge is 2.56. The van der Waals surface area contributed by atoms with Crippen molar-refractivity contribution in [3.05, 3.63) is 12.7 Å². The van der Waals surface area contributed by atoms with E-state index in [1.54, 1.807) is 0 Å². The van der Waals surface area contributed by atoms with Gasteiger partial charge >= 0.3 is 0 Å². The summed E-state index contributed by atoms with van der Waals surface area (Å²) in [5.74, 6) is 1.17. The van der Waals surface area contributed by atoms with Crippen LogP contribution in [0.1, 0.15) is 32.6 Å². The SMILES string of the molecule is C=CC[C@@]1(C)[C@@H](C=O)CCC[C@]12OCCS2. The number of carbonyl (C=O) groups is 1. The van der Waals surface area contributed by atoms with Crippen molar-refractivity contribution in [3.8, 4) is 0 Å². The number of aldehydes is 1. The van der Waals surface area contributed by atoms with Gasteiger partial charge in [-0.2, -0.15) is 0 Å². The lowest BCUT2D eigenvalue weighted by Gasteiger charge is -2.51. The maximum absolute atomic E-state index is 11.3. The number of thioether (sulfide) groups is 1. The molecule has 1 saturated carbocycles. The molecule has 1 spiro atoms. The van der Waals surface area contributed by atoms with E-state index in [4.69, 9.17) is 4.74 Å². The predicted octanol–water partition coefficient (Wildman–Crippen LogP) is 3.03. The first-order chi connectivity index (χ1) is 7.68. The molecule has 3 heteroatoms. The van der Waals surface area contributed by atoms with Crippen molar-refractivity contribution in [2.75, 3.05) is 12.4 Å². The zero-order chi connectivity index (χ0) is 11.6. The Morgan fingerprint density at radius 1 is 1.62 bits per heavy atom. The summed E-state index contributed by atoms with van der Waals surface area (Å²) in [5.41, 5.74) is -0.0735. The summed E-state index contributed by atoms with van der Waals surface area (Å²) in [6, 6.07) is 0. The molecule has 0 radical (unpaired) electrons. The quantitative estimate of drug-likeness (QED) is 0.560. The second-order valence-electron chi connectivity index (χ2n) is 4.99. The summed E-state index contributed by atoms with van der Waals surface area (Å²) < 4.78 is 6.04. The molecule has 3 atom stereocenters. The Morgan fingerprint density at radius 3 is 3.00 bits per heavy atom. The third-order valence-electron chi connectivity index (χ3n) is 4.20. The highest BCUT2D eigenvalue weighted by molar-refractivity contribution is 8.00. The van der Waals surface area contributed by atoms with Gasteiger partial charge in [0.15, 0.2) is 0 Å². The molecule has 0 aromatic heterocycles. The molecule has 2 nitrogen and oxygen atoms in total. The van der Waals surface area contributed by atoms with Crippen molar-refractivity contribution < 1.29 is 9.53 Å². The summed E-state index contributed by atoms with van der Waals surface area (Å²) in [6.45, 7) is 6.86. The average molecular weight is 240 g/mol. The molecule has 0 amide bonds. The van der Waals surface area contributed by atoms with Crippen molar-refractivity contribution in [3.63, 3.8) is 0 Å². The van der Waals surface area contributed by atoms with Crippen LogP contribution in [0.2, 0.25) is 0 Å². The first-order valence-corrected chi connectivity index (χ1v) is 7.01. The largest absolute Gasteiger partial charge is 0.363 e. The van der Waals surface area contributed by atoms with Gasteiger partial charge in [-0.1, -0.05) is 13.0 Å². The Morgan fingerprint density at radius 2 is 2.44 bits per heavy atom. The normalized spacial score (nSPS) is 43.4. The van der Waals surface area contributed by atoms with E-state index in [0.29, 0.717) is 0 Å². The number of hydrogen-bond acceptors (Lipinski definition) is 3. The van der Waals surface area contributed by atoms with Gasteiger partial charge in [0.05, 0.1) is 6.61 Å². The first kappa shape index (κ1) is 12.2. The van der Waals surface area contributed by atoms with E-state index in [1.807, 2.05) is 17.8 Å². The molecule has 1 heterocycles. The van der Waals surface area contributed by atoms with Gasteiger partial charge in [-0.15, -0.1) is 18.3 Å². The Balaban J connectivity index is 2.33. The molecule has 1 aliphatic carbocycles. The molecule has 0 N–H and O–H groups in total. The molecule has 16 heavy (non-hydrogen) atoms. The molecule has 0 bridgehead atoms. The number of carbonyl (C=O) groups excluding carboxylic acids is 1. The van der Waals surface area contributed by atoms with Crippen molar-refractivity contribution >= 4 is 18.0 Å². The summed E-state index contributed by atoms with van der Waals surface area (Å²) in [4.78, 5) is 11.2. The third-order valence-corrected chi connectivity index (χ3v) is 5.82. The van der Waals surface area contributed by atoms with Crippen molar-refractivity contribution in [1.29, 1.82) is 0 Å². The minimum atomic E-state index is -0.134. The number of ether oxygens (including phenoxy) is 1. The van der Waals surface area contributed by atoms with Gasteiger partial charge in [-0.25, -0.2) is 0 Å². The lowest BCUT2D eigenvalue weighted by molar-refractivity contribution is -0.131. The fraction of sp³-hybridized carbons (Fsp3) is 0.769. The lowest BCUT2D eigenvalue weighted by Crippen LogP contribution is -2.51. The van der Waals surface area contributed by atoms with E-state index in [-0.39, 0.29) is 16.3 Å². The third kappa shape index (κ3) is 1.65. The van der Waals surface area contributed by atoms with E-state index >= 15 is 0 Å². The van der Waals surface area contributed by atoms with E-state index < -0.39 is 0 Å². The van der Waals surface area contributed by atoms with Gasteiger partial charge in [0.2, 0.25) is 0 Å². The van der Waals surface area contributed by atoms with Gasteiger partial charge in [0, 0.05) is 17.1 Å². The van der Waals surface area contributed by atoms with Crippen LogP contribution in [0.4, 0.5) is 0 Å². The minimum absolute atomic E-state index is 0.0735. The van der Waals surface area contributed by atoms with Crippen LogP contribution >= 0.6 is 11.8 Å². The maximum Gasteiger partial charge on any atom is 0.123 e. The predicted molar refractivity (Wildman–Crippen MR) is 67.5 cm³/mol. The van der Waals surface area contributed by atoms with Crippen LogP contribution in [0.5, 0.6) is 0 Å². The van der Waals surface area contributed by atoms with Crippen molar-refractivity contribution in [2.45, 2.75) is 37.5 Å². The standard InChI is InChI=1S/C13H20O2S/c1-3-6-12(2)11(10-14)5-4-7-13(12)15-8-9-16-13/h3,10-11H,1,4-9H2,2H3/t11-,12+,13-/m1/s1. The van der Waals surface area contributed by atoms with E-state index in [0.717, 1.165) is 44.3 Å². The van der Waals surface area contributed by atoms with Gasteiger partial charge in [0.25, 0.3) is 0 Å². The van der Waals surface area contributed by atoms with E-state index in [9.17, 15) is 4.79 Å². The smallest absolute Gasteiger partial charge is 0.123 e. The summed E-state index contributed by atoms with van der Waals surface area (Å²) in [7, 11) is 0. The van der Waals surface area contributed by atoms with Crippen LogP contribution in [0.25, 0.3) is 0 Å². The van der Waals surface area contributed by atoms with Crippen LogP contribution in [0.3, 0.4) is 0 Å². The monoisotopic (exact) mass is 240 g/mol. The topological polar surface area (TPSA) is 26.3 Å². The van der Waals surface area contributed by atoms with Gasteiger partial charge < -0.3 is 9.53 Å². The molecule has 0 unspecified atom stereocenters.